The molecule has 0 saturated carbocycles. The minimum absolute atomic E-state index is 0.130. The van der Waals surface area contributed by atoms with Crippen LogP contribution in [0.15, 0.2) is 33.9 Å². The Morgan fingerprint density at radius 2 is 1.00 bits per heavy atom. The summed E-state index contributed by atoms with van der Waals surface area (Å²) in [6, 6.07) is 5.07. The van der Waals surface area contributed by atoms with Crippen LogP contribution in [0.5, 0.6) is 11.5 Å². The Hall–Kier alpha value is -2.36. The molecule has 0 radical (unpaired) electrons. The van der Waals surface area contributed by atoms with E-state index in [0.717, 1.165) is 12.1 Å². The van der Waals surface area contributed by atoms with Crippen molar-refractivity contribution >= 4 is 21.5 Å². The highest BCUT2D eigenvalue weighted by molar-refractivity contribution is 6.04. The number of aromatic hydroxyl groups is 2. The largest absolute Gasteiger partial charge is 0.507 e. The van der Waals surface area contributed by atoms with E-state index < -0.39 is 0 Å². The van der Waals surface area contributed by atoms with E-state index in [1.807, 2.05) is 0 Å². The zero-order valence-electron chi connectivity index (χ0n) is 8.02. The summed E-state index contributed by atoms with van der Waals surface area (Å²) in [6.45, 7) is 0. The second-order valence-electron chi connectivity index (χ2n) is 3.73. The Bertz CT molecular complexity index is 741. The van der Waals surface area contributed by atoms with Crippen LogP contribution in [0.1, 0.15) is 0 Å². The van der Waals surface area contributed by atoms with Crippen molar-refractivity contribution in [2.24, 2.45) is 0 Å². The topological polar surface area (TPSA) is 74.6 Å². The number of benzene rings is 1. The maximum atomic E-state index is 11.4. The number of rotatable bonds is 0. The maximum absolute atomic E-state index is 11.4. The first kappa shape index (κ1) is 8.91. The molecule has 16 heavy (non-hydrogen) atoms. The fourth-order valence-corrected chi connectivity index (χ4v) is 1.99. The summed E-state index contributed by atoms with van der Waals surface area (Å²) in [5.74, 6) is -0.259. The molecule has 0 aliphatic rings. The third-order valence-electron chi connectivity index (χ3n) is 2.78. The Morgan fingerprint density at radius 1 is 0.625 bits per heavy atom. The van der Waals surface area contributed by atoms with Crippen molar-refractivity contribution in [2.75, 3.05) is 0 Å². The molecule has 0 amide bonds. The molecule has 3 rings (SSSR count). The summed E-state index contributed by atoms with van der Waals surface area (Å²) < 4.78 is 0. The van der Waals surface area contributed by atoms with Gasteiger partial charge < -0.3 is 10.2 Å². The van der Waals surface area contributed by atoms with Gasteiger partial charge in [-0.2, -0.15) is 0 Å². The number of hydrogen-bond acceptors (Lipinski definition) is 4. The van der Waals surface area contributed by atoms with Crippen molar-refractivity contribution in [3.63, 3.8) is 0 Å². The summed E-state index contributed by atoms with van der Waals surface area (Å²) in [6.07, 6.45) is 0. The van der Waals surface area contributed by atoms with E-state index in [9.17, 15) is 19.8 Å². The molecule has 0 heterocycles. The monoisotopic (exact) mass is 214 g/mol. The van der Waals surface area contributed by atoms with Gasteiger partial charge in [-0.15, -0.1) is 0 Å². The molecular formula is C12H6O4. The molecule has 0 aliphatic carbocycles. The lowest BCUT2D eigenvalue weighted by molar-refractivity contribution is 0.482. The summed E-state index contributed by atoms with van der Waals surface area (Å²) in [4.78, 5) is 22.9. The van der Waals surface area contributed by atoms with Crippen LogP contribution in [0.4, 0.5) is 0 Å². The average Bonchev–Trinajstić information content (AvgIpc) is 2.67. The highest BCUT2D eigenvalue weighted by Gasteiger charge is 2.13. The van der Waals surface area contributed by atoms with Crippen LogP contribution in [0, 0.1) is 0 Å². The summed E-state index contributed by atoms with van der Waals surface area (Å²) in [5.41, 5.74) is -0.649. The van der Waals surface area contributed by atoms with Gasteiger partial charge in [-0.05, 0) is 12.1 Å². The van der Waals surface area contributed by atoms with E-state index in [-0.39, 0.29) is 22.4 Å². The van der Waals surface area contributed by atoms with Crippen LogP contribution < -0.4 is 10.9 Å². The van der Waals surface area contributed by atoms with Gasteiger partial charge in [0.05, 0.1) is 0 Å². The standard InChI is InChI=1S/C12H6O4/c13-9-3-11(15)7-2-8-6(1-5(7)9)10(14)4-12(8)16/h1-4,13-14H. The number of fused-ring (bicyclic) bond motifs is 2. The van der Waals surface area contributed by atoms with E-state index in [0.29, 0.717) is 21.5 Å². The van der Waals surface area contributed by atoms with Crippen molar-refractivity contribution in [2.45, 2.75) is 0 Å². The minimum Gasteiger partial charge on any atom is -0.507 e. The lowest BCUT2D eigenvalue weighted by Gasteiger charge is -1.93. The van der Waals surface area contributed by atoms with Crippen molar-refractivity contribution < 1.29 is 10.2 Å². The van der Waals surface area contributed by atoms with Gasteiger partial charge in [0.2, 0.25) is 0 Å². The van der Waals surface area contributed by atoms with Crippen LogP contribution in [0.3, 0.4) is 0 Å². The molecule has 78 valence electrons. The molecule has 0 fully saturated rings. The average molecular weight is 214 g/mol. The van der Waals surface area contributed by atoms with Crippen molar-refractivity contribution in [1.29, 1.82) is 0 Å². The quantitative estimate of drug-likeness (QED) is 0.585. The zero-order valence-corrected chi connectivity index (χ0v) is 8.02. The first-order valence-corrected chi connectivity index (χ1v) is 4.66. The van der Waals surface area contributed by atoms with Gasteiger partial charge in [-0.3, -0.25) is 9.59 Å². The van der Waals surface area contributed by atoms with Gasteiger partial charge >= 0.3 is 0 Å². The first-order valence-electron chi connectivity index (χ1n) is 4.66. The molecule has 0 saturated heterocycles. The summed E-state index contributed by atoms with van der Waals surface area (Å²) in [7, 11) is 0. The van der Waals surface area contributed by atoms with Gasteiger partial charge in [0.25, 0.3) is 0 Å². The normalized spacial score (nSPS) is 11.5. The third kappa shape index (κ3) is 0.930. The fraction of sp³-hybridized carbons (Fsp3) is 0. The second kappa shape index (κ2) is 2.61. The Labute approximate surface area is 88.7 Å². The molecule has 0 bridgehead atoms. The molecule has 2 N–H and O–H groups in total. The summed E-state index contributed by atoms with van der Waals surface area (Å²) in [5, 5.41) is 20.3. The van der Waals surface area contributed by atoms with E-state index >= 15 is 0 Å². The smallest absolute Gasteiger partial charge is 0.190 e. The van der Waals surface area contributed by atoms with Gasteiger partial charge in [0.1, 0.15) is 11.5 Å². The van der Waals surface area contributed by atoms with E-state index in [4.69, 9.17) is 0 Å². The predicted molar refractivity (Wildman–Crippen MR) is 59.7 cm³/mol. The highest BCUT2D eigenvalue weighted by atomic mass is 16.3. The molecule has 4 heteroatoms. The van der Waals surface area contributed by atoms with Gasteiger partial charge in [0.15, 0.2) is 10.9 Å². The second-order valence-corrected chi connectivity index (χ2v) is 3.73. The third-order valence-corrected chi connectivity index (χ3v) is 2.78. The van der Waals surface area contributed by atoms with E-state index in [1.54, 1.807) is 0 Å². The van der Waals surface area contributed by atoms with Gasteiger partial charge in [0, 0.05) is 33.7 Å². The maximum Gasteiger partial charge on any atom is 0.190 e. The highest BCUT2D eigenvalue weighted by Crippen LogP contribution is 2.31. The Balaban J connectivity index is 2.68. The molecule has 0 unspecified atom stereocenters. The van der Waals surface area contributed by atoms with Gasteiger partial charge in [-0.1, -0.05) is 0 Å². The molecular weight excluding hydrogens is 208 g/mol. The fourth-order valence-electron chi connectivity index (χ4n) is 1.99. The van der Waals surface area contributed by atoms with Crippen molar-refractivity contribution in [3.8, 4) is 11.5 Å². The molecule has 0 atom stereocenters. The van der Waals surface area contributed by atoms with Crippen LogP contribution in [0.25, 0.3) is 21.5 Å². The first-order chi connectivity index (χ1) is 7.58. The molecule has 0 aliphatic heterocycles. The molecule has 4 nitrogen and oxygen atoms in total. The molecule has 3 aromatic carbocycles. The molecule has 3 aromatic rings. The lowest BCUT2D eigenvalue weighted by atomic mass is 10.1. The van der Waals surface area contributed by atoms with Crippen molar-refractivity contribution in [3.05, 3.63) is 44.7 Å². The number of hydrogen-bond donors (Lipinski definition) is 2. The summed E-state index contributed by atoms with van der Waals surface area (Å²) >= 11 is 0. The zero-order chi connectivity index (χ0) is 11.4. The predicted octanol–water partition coefficient (Wildman–Crippen LogP) is 1.00. The van der Waals surface area contributed by atoms with Crippen LogP contribution in [-0.2, 0) is 0 Å². The van der Waals surface area contributed by atoms with E-state index in [2.05, 4.69) is 0 Å². The van der Waals surface area contributed by atoms with Crippen molar-refractivity contribution in [1.82, 2.24) is 0 Å². The van der Waals surface area contributed by atoms with Crippen LogP contribution in [-0.4, -0.2) is 10.2 Å². The molecule has 0 spiro atoms. The van der Waals surface area contributed by atoms with Crippen LogP contribution in [0.2, 0.25) is 0 Å². The van der Waals surface area contributed by atoms with E-state index in [1.165, 1.54) is 12.1 Å². The minimum atomic E-state index is -0.325. The Kier molecular flexibility index (Phi) is 1.45. The SMILES string of the molecule is O=c1cc(O)c2cc3c(O)cc(=O)c3cc12. The Morgan fingerprint density at radius 3 is 1.44 bits per heavy atom. The van der Waals surface area contributed by atoms with Gasteiger partial charge in [-0.25, -0.2) is 0 Å². The lowest BCUT2D eigenvalue weighted by Crippen LogP contribution is -1.94. The van der Waals surface area contributed by atoms with Crippen LogP contribution >= 0.6 is 0 Å². The molecule has 0 aromatic heterocycles.